The highest BCUT2D eigenvalue weighted by molar-refractivity contribution is 8.00. The molecule has 0 saturated carbocycles. The highest BCUT2D eigenvalue weighted by atomic mass is 32.2. The van der Waals surface area contributed by atoms with Gasteiger partial charge in [-0.25, -0.2) is 0 Å². The van der Waals surface area contributed by atoms with Gasteiger partial charge in [-0.2, -0.15) is 8.78 Å². The Morgan fingerprint density at radius 2 is 1.41 bits per heavy atom. The molecule has 0 amide bonds. The van der Waals surface area contributed by atoms with Crippen LogP contribution >= 0.6 is 11.8 Å². The van der Waals surface area contributed by atoms with E-state index >= 15 is 8.22 Å². The topological polar surface area (TPSA) is 9.23 Å². The highest BCUT2D eigenvalue weighted by Gasteiger charge is 2.47. The smallest absolute Gasteiger partial charge is 0.488 e. The van der Waals surface area contributed by atoms with Gasteiger partial charge >= 0.3 is 14.0 Å². The number of methoxy groups -OCH3 is 1. The van der Waals surface area contributed by atoms with Gasteiger partial charge in [0.05, 0.1) is 7.11 Å². The van der Waals surface area contributed by atoms with Gasteiger partial charge in [0.2, 0.25) is 0 Å². The molecule has 7 heteroatoms. The first-order chi connectivity index (χ1) is 12.8. The quantitative estimate of drug-likeness (QED) is 0.245. The molecule has 0 aromatic heterocycles. The molecule has 0 fully saturated rings. The molecule has 0 aliphatic rings. The third-order valence-electron chi connectivity index (χ3n) is 4.02. The van der Waals surface area contributed by atoms with E-state index in [4.69, 9.17) is 4.74 Å². The molecule has 3 rings (SSSR count). The van der Waals surface area contributed by atoms with Crippen LogP contribution in [0.4, 0.5) is 17.0 Å². The van der Waals surface area contributed by atoms with Gasteiger partial charge in [-0.1, -0.05) is 54.6 Å². The Morgan fingerprint density at radius 1 is 0.815 bits per heavy atom. The molecule has 140 valence electrons. The van der Waals surface area contributed by atoms with Crippen molar-refractivity contribution in [3.63, 3.8) is 0 Å². The van der Waals surface area contributed by atoms with Crippen molar-refractivity contribution in [3.8, 4) is 5.75 Å². The highest BCUT2D eigenvalue weighted by Crippen LogP contribution is 2.44. The summed E-state index contributed by atoms with van der Waals surface area (Å²) in [6, 6.07) is 18.2. The monoisotopic (exact) mass is 408 g/mol. The van der Waals surface area contributed by atoms with Crippen LogP contribution in [0.2, 0.25) is 0 Å². The Bertz CT molecular complexity index is 901. The fourth-order valence-corrected chi connectivity index (χ4v) is 5.41. The zero-order valence-corrected chi connectivity index (χ0v) is 16.2. The summed E-state index contributed by atoms with van der Waals surface area (Å²) in [5.41, 5.74) is -0.647. The average molecular weight is 408 g/mol. The zero-order valence-electron chi connectivity index (χ0n) is 14.3. The van der Waals surface area contributed by atoms with Crippen LogP contribution in [0.1, 0.15) is 5.56 Å². The molecule has 1 nitrogen and oxygen atoms in total. The third kappa shape index (κ3) is 4.19. The molecule has 3 aromatic rings. The van der Waals surface area contributed by atoms with E-state index in [-0.39, 0.29) is 21.8 Å². The van der Waals surface area contributed by atoms with Gasteiger partial charge in [0.25, 0.3) is 0 Å². The van der Waals surface area contributed by atoms with Crippen molar-refractivity contribution in [1.29, 1.82) is 0 Å². The lowest BCUT2D eigenvalue weighted by Crippen LogP contribution is -2.53. The van der Waals surface area contributed by atoms with Gasteiger partial charge in [0, 0.05) is 20.8 Å². The van der Waals surface area contributed by atoms with Crippen LogP contribution in [0.25, 0.3) is 0 Å². The van der Waals surface area contributed by atoms with Crippen LogP contribution < -0.4 is 15.1 Å². The number of ether oxygens (including phenoxy) is 1. The summed E-state index contributed by atoms with van der Waals surface area (Å²) in [6.07, 6.45) is 0. The van der Waals surface area contributed by atoms with Crippen molar-refractivity contribution in [3.05, 3.63) is 84.4 Å². The van der Waals surface area contributed by atoms with E-state index < -0.39 is 24.7 Å². The zero-order chi connectivity index (χ0) is 19.5. The molecule has 0 atom stereocenters. The summed E-state index contributed by atoms with van der Waals surface area (Å²) in [5.74, 6) is 0.533. The van der Waals surface area contributed by atoms with Gasteiger partial charge < -0.3 is 4.74 Å². The molecule has 0 saturated heterocycles. The summed E-state index contributed by atoms with van der Waals surface area (Å²) in [4.78, 5) is 0.264. The Morgan fingerprint density at radius 3 is 2.04 bits per heavy atom. The molecule has 0 heterocycles. The number of halogens is 4. The van der Waals surface area contributed by atoms with Crippen LogP contribution in [0, 0.1) is 0 Å². The molecule has 0 bridgehead atoms. The summed E-state index contributed by atoms with van der Waals surface area (Å²) >= 11 is 0.244. The number of hydrogen-bond acceptors (Lipinski definition) is 2. The van der Waals surface area contributed by atoms with Gasteiger partial charge in [-0.05, 0) is 36.0 Å². The molecule has 0 unspecified atom stereocenters. The third-order valence-corrected chi connectivity index (χ3v) is 7.18. The minimum Gasteiger partial charge on any atom is -0.497 e. The Kier molecular flexibility index (Phi) is 5.62. The van der Waals surface area contributed by atoms with Crippen molar-refractivity contribution in [2.45, 2.75) is 10.2 Å². The molecular weight excluding hydrogens is 392 g/mol. The van der Waals surface area contributed by atoms with Crippen molar-refractivity contribution in [1.82, 2.24) is 0 Å². The minimum absolute atomic E-state index is 0.192. The summed E-state index contributed by atoms with van der Waals surface area (Å²) in [6.45, 7) is 0. The number of hydrogen-bond donors (Lipinski definition) is 0. The first kappa shape index (κ1) is 19.5. The molecule has 0 spiro atoms. The normalized spacial score (nSPS) is 12.0. The number of rotatable bonds is 6. The lowest BCUT2D eigenvalue weighted by Gasteiger charge is -2.23. The predicted molar refractivity (Wildman–Crippen MR) is 103 cm³/mol. The van der Waals surface area contributed by atoms with Crippen LogP contribution in [0.3, 0.4) is 0 Å². The Labute approximate surface area is 160 Å². The maximum absolute atomic E-state index is 15.1. The number of thioether (sulfide) groups is 1. The molecular formula is C20H16F4OSSi. The van der Waals surface area contributed by atoms with Crippen LogP contribution in [0.5, 0.6) is 5.75 Å². The largest absolute Gasteiger partial charge is 0.497 e. The second-order valence-corrected chi connectivity index (χ2v) is 9.23. The lowest BCUT2D eigenvalue weighted by atomic mass is 10.2. The van der Waals surface area contributed by atoms with E-state index in [2.05, 4.69) is 0 Å². The van der Waals surface area contributed by atoms with E-state index in [1.807, 2.05) is 0 Å². The van der Waals surface area contributed by atoms with Gasteiger partial charge in [-0.3, -0.25) is 8.22 Å². The van der Waals surface area contributed by atoms with Crippen molar-refractivity contribution in [2.24, 2.45) is 0 Å². The number of alkyl halides is 2. The van der Waals surface area contributed by atoms with Gasteiger partial charge in [0.15, 0.2) is 0 Å². The van der Waals surface area contributed by atoms with Crippen LogP contribution in [-0.2, 0) is 5.25 Å². The fourth-order valence-electron chi connectivity index (χ4n) is 2.66. The van der Waals surface area contributed by atoms with Crippen LogP contribution in [-0.4, -0.2) is 15.9 Å². The first-order valence-corrected chi connectivity index (χ1v) is 10.7. The van der Waals surface area contributed by atoms with E-state index in [1.165, 1.54) is 55.6 Å². The van der Waals surface area contributed by atoms with Crippen molar-refractivity contribution >= 4 is 30.9 Å². The molecule has 3 aromatic carbocycles. The van der Waals surface area contributed by atoms with E-state index in [0.717, 1.165) is 12.1 Å². The summed E-state index contributed by atoms with van der Waals surface area (Å²) in [7, 11) is -3.78. The minimum atomic E-state index is -5.26. The predicted octanol–water partition coefficient (Wildman–Crippen LogP) is 5.03. The Balaban J connectivity index is 1.98. The van der Waals surface area contributed by atoms with Gasteiger partial charge in [-0.15, -0.1) is 0 Å². The summed E-state index contributed by atoms with van der Waals surface area (Å²) in [5, 5.41) is -4.26. The maximum atomic E-state index is 15.1. The second kappa shape index (κ2) is 7.78. The maximum Gasteiger partial charge on any atom is 0.488 e. The SMILES string of the molecule is COc1ccc(SC(F)(F)c2ccccc2[Si](F)(F)c2ccccc2)cc1. The molecule has 0 aliphatic heterocycles. The molecule has 0 aliphatic carbocycles. The molecule has 0 N–H and O–H groups in total. The van der Waals surface area contributed by atoms with E-state index in [9.17, 15) is 8.78 Å². The summed E-state index contributed by atoms with van der Waals surface area (Å²) < 4.78 is 65.1. The fraction of sp³-hybridized carbons (Fsp3) is 0.100. The molecule has 27 heavy (non-hydrogen) atoms. The van der Waals surface area contributed by atoms with Crippen molar-refractivity contribution < 1.29 is 21.7 Å². The first-order valence-electron chi connectivity index (χ1n) is 8.09. The molecule has 0 radical (unpaired) electrons. The van der Waals surface area contributed by atoms with Gasteiger partial charge in [0.1, 0.15) is 5.75 Å². The van der Waals surface area contributed by atoms with E-state index in [0.29, 0.717) is 5.75 Å². The van der Waals surface area contributed by atoms with Crippen LogP contribution in [0.15, 0.2) is 83.8 Å². The average Bonchev–Trinajstić information content (AvgIpc) is 2.69. The van der Waals surface area contributed by atoms with E-state index in [1.54, 1.807) is 18.2 Å². The lowest BCUT2D eigenvalue weighted by molar-refractivity contribution is 0.106. The second-order valence-electron chi connectivity index (χ2n) is 5.78. The number of benzene rings is 3. The Hall–Kier alpha value is -2.25. The van der Waals surface area contributed by atoms with Crippen molar-refractivity contribution in [2.75, 3.05) is 7.11 Å². The standard InChI is InChI=1S/C20H16F4OSSi/c1-25-15-11-13-16(14-12-15)26-20(21,22)18-9-5-6-10-19(18)27(23,24)17-7-3-2-4-8-17/h2-14H,1H3.